The number of hydrogen-bond donors (Lipinski definition) is 3. The van der Waals surface area contributed by atoms with Gasteiger partial charge in [-0.25, -0.2) is 0 Å². The van der Waals surface area contributed by atoms with Crippen LogP contribution in [0.2, 0.25) is 0 Å². The first kappa shape index (κ1) is 23.0. The minimum absolute atomic E-state index is 0.0375. The summed E-state index contributed by atoms with van der Waals surface area (Å²) in [6.45, 7) is 2.59. The van der Waals surface area contributed by atoms with Crippen molar-refractivity contribution in [3.05, 3.63) is 17.1 Å². The van der Waals surface area contributed by atoms with Gasteiger partial charge < -0.3 is 35.4 Å². The molecule has 2 atom stereocenters. The lowest BCUT2D eigenvalue weighted by Crippen LogP contribution is -2.71. The first-order valence-corrected chi connectivity index (χ1v) is 12.4. The van der Waals surface area contributed by atoms with E-state index in [-0.39, 0.29) is 22.4 Å². The maximum Gasteiger partial charge on any atom is 0.278 e. The van der Waals surface area contributed by atoms with Crippen LogP contribution >= 0.6 is 23.3 Å². The summed E-state index contributed by atoms with van der Waals surface area (Å²) in [5.41, 5.74) is 5.15. The molecular formula is C19H23N7O6S2. The maximum absolute atomic E-state index is 13.0. The van der Waals surface area contributed by atoms with E-state index in [9.17, 15) is 24.6 Å². The Labute approximate surface area is 202 Å². The monoisotopic (exact) mass is 509 g/mol. The molecule has 0 radical (unpaired) electrons. The number of carboxylic acid groups (broad SMARTS) is 1. The van der Waals surface area contributed by atoms with Crippen LogP contribution in [-0.2, 0) is 19.2 Å². The first-order valence-electron chi connectivity index (χ1n) is 10.6. The number of carboxylic acids is 1. The highest BCUT2D eigenvalue weighted by Crippen LogP contribution is 2.44. The molecule has 0 aliphatic carbocycles. The second kappa shape index (κ2) is 8.18. The fourth-order valence-corrected chi connectivity index (χ4v) is 7.07. The van der Waals surface area contributed by atoms with E-state index >= 15 is 0 Å². The Morgan fingerprint density at radius 1 is 1.44 bits per heavy atom. The number of aliphatic carboxylic acids is 1. The predicted octanol–water partition coefficient (Wildman–Crippen LogP) is -2.77. The molecule has 3 saturated heterocycles. The van der Waals surface area contributed by atoms with Gasteiger partial charge in [0.1, 0.15) is 37.2 Å². The highest BCUT2D eigenvalue weighted by molar-refractivity contribution is 8.00. The number of oxime groups is 1. The van der Waals surface area contributed by atoms with Crippen LogP contribution in [0.5, 0.6) is 0 Å². The van der Waals surface area contributed by atoms with Gasteiger partial charge in [0.2, 0.25) is 11.5 Å². The Balaban J connectivity index is 1.34. The smallest absolute Gasteiger partial charge is 0.278 e. The number of rotatable bonds is 7. The number of amides is 2. The number of hydrogen-bond acceptors (Lipinski definition) is 12. The molecule has 1 aromatic heterocycles. The van der Waals surface area contributed by atoms with Gasteiger partial charge in [-0.1, -0.05) is 5.16 Å². The molecule has 5 rings (SSSR count). The van der Waals surface area contributed by atoms with Crippen LogP contribution < -0.4 is 16.2 Å². The van der Waals surface area contributed by atoms with Gasteiger partial charge in [-0.15, -0.1) is 11.8 Å². The number of anilines is 1. The summed E-state index contributed by atoms with van der Waals surface area (Å²) >= 11 is 2.25. The van der Waals surface area contributed by atoms with Crippen molar-refractivity contribution in [2.45, 2.75) is 29.9 Å². The van der Waals surface area contributed by atoms with Crippen molar-refractivity contribution in [3.8, 4) is 0 Å². The van der Waals surface area contributed by atoms with Crippen LogP contribution in [0.25, 0.3) is 0 Å². The lowest BCUT2D eigenvalue weighted by atomic mass is 10.00. The van der Waals surface area contributed by atoms with Gasteiger partial charge in [0.15, 0.2) is 5.13 Å². The van der Waals surface area contributed by atoms with Crippen molar-refractivity contribution >= 4 is 51.9 Å². The molecular weight excluding hydrogens is 486 g/mol. The second-order valence-electron chi connectivity index (χ2n) is 9.01. The number of β-lactam (4-membered cyclic amide) rings is 1. The highest BCUT2D eigenvalue weighted by Gasteiger charge is 2.57. The zero-order chi connectivity index (χ0) is 24.3. The summed E-state index contributed by atoms with van der Waals surface area (Å²) in [6, 6.07) is -0.956. The summed E-state index contributed by atoms with van der Waals surface area (Å²) in [5.74, 6) is -2.37. The third-order valence-electron chi connectivity index (χ3n) is 6.84. The van der Waals surface area contributed by atoms with E-state index in [1.165, 1.54) is 23.8 Å². The molecule has 3 fully saturated rings. The number of nitrogens with zero attached hydrogens (tertiary/aromatic N) is 5. The van der Waals surface area contributed by atoms with E-state index in [0.717, 1.165) is 24.6 Å². The lowest BCUT2D eigenvalue weighted by molar-refractivity contribution is -0.904. The molecule has 0 saturated carbocycles. The molecule has 4 aliphatic heterocycles. The molecule has 182 valence electrons. The number of nitrogen functional groups attached to an aromatic ring is 1. The zero-order valence-electron chi connectivity index (χ0n) is 18.2. The number of quaternary nitrogens is 1. The number of carbonyl (C=O) groups excluding carboxylic acids is 3. The molecule has 0 unspecified atom stereocenters. The average molecular weight is 510 g/mol. The van der Waals surface area contributed by atoms with Crippen LogP contribution in [-0.4, -0.2) is 103 Å². The van der Waals surface area contributed by atoms with Gasteiger partial charge in [-0.2, -0.15) is 9.36 Å². The van der Waals surface area contributed by atoms with E-state index in [1.807, 2.05) is 0 Å². The van der Waals surface area contributed by atoms with Gasteiger partial charge in [-0.05, 0) is 0 Å². The van der Waals surface area contributed by atoms with E-state index in [2.05, 4.69) is 19.8 Å². The Morgan fingerprint density at radius 2 is 2.18 bits per heavy atom. The van der Waals surface area contributed by atoms with Gasteiger partial charge >= 0.3 is 0 Å². The van der Waals surface area contributed by atoms with E-state index in [4.69, 9.17) is 10.6 Å². The average Bonchev–Trinajstić information content (AvgIpc) is 3.47. The van der Waals surface area contributed by atoms with E-state index < -0.39 is 34.8 Å². The Kier molecular flexibility index (Phi) is 5.54. The number of carbonyl (C=O) groups is 3. The number of aromatic nitrogens is 2. The normalized spacial score (nSPS) is 32.5. The number of thioether (sulfide) groups is 1. The minimum Gasteiger partial charge on any atom is -0.543 e. The van der Waals surface area contributed by atoms with Gasteiger partial charge in [0, 0.05) is 35.7 Å². The SMILES string of the molecule is CO/N=C(\C(=O)N[C@@H]1C(=O)N2C(C(=O)[O-])=C(C[N+]34CCC(O)(CC3)C4)CS[C@H]12)c1nsc(N)n1. The lowest BCUT2D eigenvalue weighted by Gasteiger charge is -2.51. The third-order valence-corrected chi connectivity index (χ3v) is 8.72. The molecule has 1 aromatic rings. The fraction of sp³-hybridized carbons (Fsp3) is 0.579. The molecule has 0 spiro atoms. The van der Waals surface area contributed by atoms with Gasteiger partial charge in [0.25, 0.3) is 11.8 Å². The van der Waals surface area contributed by atoms with Crippen LogP contribution in [0.15, 0.2) is 16.4 Å². The van der Waals surface area contributed by atoms with Crippen LogP contribution in [0, 0.1) is 0 Å². The van der Waals surface area contributed by atoms with Gasteiger partial charge in [0.05, 0.1) is 24.8 Å². The quantitative estimate of drug-likeness (QED) is 0.150. The molecule has 4 aliphatic rings. The number of fused-ring (bicyclic) bond motifs is 3. The summed E-state index contributed by atoms with van der Waals surface area (Å²) in [7, 11) is 1.25. The van der Waals surface area contributed by atoms with E-state index in [0.29, 0.717) is 41.7 Å². The van der Waals surface area contributed by atoms with Crippen molar-refractivity contribution in [1.29, 1.82) is 0 Å². The highest BCUT2D eigenvalue weighted by atomic mass is 32.2. The molecule has 2 amide bonds. The van der Waals surface area contributed by atoms with Gasteiger partial charge in [-0.3, -0.25) is 14.5 Å². The van der Waals surface area contributed by atoms with E-state index in [1.54, 1.807) is 0 Å². The summed E-state index contributed by atoms with van der Waals surface area (Å²) < 4.78 is 4.57. The van der Waals surface area contributed by atoms with Crippen molar-refractivity contribution in [2.24, 2.45) is 5.16 Å². The molecule has 34 heavy (non-hydrogen) atoms. The molecule has 4 N–H and O–H groups in total. The number of aliphatic hydroxyl groups is 1. The largest absolute Gasteiger partial charge is 0.543 e. The summed E-state index contributed by atoms with van der Waals surface area (Å²) in [4.78, 5) is 47.7. The van der Waals surface area contributed by atoms with Crippen molar-refractivity contribution in [2.75, 3.05) is 44.8 Å². The fourth-order valence-electron chi connectivity index (χ4n) is 5.30. The Hall–Kier alpha value is -2.75. The van der Waals surface area contributed by atoms with Crippen LogP contribution in [0.3, 0.4) is 0 Å². The summed E-state index contributed by atoms with van der Waals surface area (Å²) in [6.07, 6.45) is 1.39. The van der Waals surface area contributed by atoms with Crippen molar-refractivity contribution in [1.82, 2.24) is 19.6 Å². The standard InChI is InChI=1S/C19H23N7O6S2/c1-32-23-10(13-22-18(20)34-24-13)14(27)21-11-15(28)25-12(17(29)30)9(7-33-16(11)25)6-26-4-2-19(31,8-26)3-5-26/h11,16,31H,2-8H2,1H3,(H3-,20,21,22,24,27,29,30)/b23-10-/t11-,16-,19?,26?/m1/s1. The molecule has 2 bridgehead atoms. The maximum atomic E-state index is 13.0. The molecule has 13 nitrogen and oxygen atoms in total. The number of nitrogens with two attached hydrogens (primary N) is 1. The minimum atomic E-state index is -1.42. The summed E-state index contributed by atoms with van der Waals surface area (Å²) in [5, 5.41) is 28.4. The van der Waals surface area contributed by atoms with Crippen molar-refractivity contribution < 1.29 is 33.9 Å². The molecule has 0 aromatic carbocycles. The number of nitrogens with one attached hydrogen (secondary N) is 1. The first-order chi connectivity index (χ1) is 16.2. The predicted molar refractivity (Wildman–Crippen MR) is 119 cm³/mol. The zero-order valence-corrected chi connectivity index (χ0v) is 19.9. The Morgan fingerprint density at radius 3 is 2.74 bits per heavy atom. The second-order valence-corrected chi connectivity index (χ2v) is 10.9. The van der Waals surface area contributed by atoms with Crippen molar-refractivity contribution in [3.63, 3.8) is 0 Å². The Bertz CT molecular complexity index is 1130. The van der Waals surface area contributed by atoms with Crippen LogP contribution in [0.4, 0.5) is 5.13 Å². The number of piperidine rings is 1. The van der Waals surface area contributed by atoms with Crippen LogP contribution in [0.1, 0.15) is 18.7 Å². The molecule has 15 heteroatoms. The molecule has 5 heterocycles. The topological polar surface area (TPSA) is 183 Å². The third kappa shape index (κ3) is 3.72.